The predicted molar refractivity (Wildman–Crippen MR) is 186 cm³/mol. The normalized spacial score (nSPS) is 19.6. The number of benzene rings is 3. The molecule has 3 aromatic carbocycles. The second kappa shape index (κ2) is 13.7. The minimum Gasteiger partial charge on any atom is -0.491 e. The summed E-state index contributed by atoms with van der Waals surface area (Å²) in [7, 11) is 0. The van der Waals surface area contributed by atoms with Gasteiger partial charge in [0.2, 0.25) is 5.79 Å². The van der Waals surface area contributed by atoms with E-state index in [0.717, 1.165) is 49.0 Å². The number of hydrogen-bond donors (Lipinski definition) is 0. The third-order valence-electron chi connectivity index (χ3n) is 8.84. The number of piperazine rings is 1. The molecule has 0 aliphatic carbocycles. The van der Waals surface area contributed by atoms with Gasteiger partial charge >= 0.3 is 5.69 Å². The summed E-state index contributed by atoms with van der Waals surface area (Å²) in [5.74, 6) is 0.349. The molecule has 2 aliphatic rings. The van der Waals surface area contributed by atoms with Crippen LogP contribution in [0.3, 0.4) is 0 Å². The zero-order valence-corrected chi connectivity index (χ0v) is 28.3. The van der Waals surface area contributed by atoms with Gasteiger partial charge in [-0.1, -0.05) is 29.3 Å². The van der Waals surface area contributed by atoms with Gasteiger partial charge in [-0.15, -0.1) is 0 Å². The summed E-state index contributed by atoms with van der Waals surface area (Å²) >= 11 is 12.8. The van der Waals surface area contributed by atoms with Crippen molar-refractivity contribution in [3.8, 4) is 11.4 Å². The number of ether oxygens (including phenoxy) is 3. The van der Waals surface area contributed by atoms with Crippen LogP contribution in [0.25, 0.3) is 5.69 Å². The van der Waals surface area contributed by atoms with Gasteiger partial charge in [-0.05, 0) is 74.5 Å². The Balaban J connectivity index is 0.934. The SMILES string of the molecule is CCn1nc(C)n(-c2ccc(N3CCN(c4ccc(OC[C@@H]5COC(Cn6ccnc6)(c6ccc(Cl)cc6Cl)O5)cc4)CC3)cc2)c1=O. The molecule has 2 saturated heterocycles. The van der Waals surface area contributed by atoms with Crippen molar-refractivity contribution in [2.75, 3.05) is 49.2 Å². The highest BCUT2D eigenvalue weighted by molar-refractivity contribution is 6.35. The summed E-state index contributed by atoms with van der Waals surface area (Å²) in [4.78, 5) is 21.6. The molecule has 0 spiro atoms. The molecule has 0 bridgehead atoms. The molecule has 48 heavy (non-hydrogen) atoms. The quantitative estimate of drug-likeness (QED) is 0.189. The molecule has 7 rings (SSSR count). The molecule has 2 fully saturated rings. The largest absolute Gasteiger partial charge is 0.491 e. The number of hydrogen-bond acceptors (Lipinski definition) is 8. The second-order valence-electron chi connectivity index (χ2n) is 11.9. The van der Waals surface area contributed by atoms with Crippen LogP contribution >= 0.6 is 23.2 Å². The van der Waals surface area contributed by atoms with Gasteiger partial charge in [0.25, 0.3) is 0 Å². The molecular formula is C35H37Cl2N7O4. The number of anilines is 2. The van der Waals surface area contributed by atoms with Crippen molar-refractivity contribution in [2.24, 2.45) is 0 Å². The Labute approximate surface area is 288 Å². The fourth-order valence-corrected chi connectivity index (χ4v) is 6.92. The van der Waals surface area contributed by atoms with Gasteiger partial charge in [-0.25, -0.2) is 19.0 Å². The molecule has 11 nitrogen and oxygen atoms in total. The smallest absolute Gasteiger partial charge is 0.350 e. The van der Waals surface area contributed by atoms with E-state index in [2.05, 4.69) is 44.1 Å². The molecule has 2 atom stereocenters. The van der Waals surface area contributed by atoms with E-state index in [0.29, 0.717) is 47.7 Å². The third kappa shape index (κ3) is 6.55. The van der Waals surface area contributed by atoms with E-state index in [9.17, 15) is 4.79 Å². The molecule has 1 unspecified atom stereocenters. The van der Waals surface area contributed by atoms with Crippen LogP contribution < -0.4 is 20.2 Å². The molecule has 0 N–H and O–H groups in total. The Hall–Kier alpha value is -4.29. The van der Waals surface area contributed by atoms with Gasteiger partial charge in [0.1, 0.15) is 24.3 Å². The highest BCUT2D eigenvalue weighted by Gasteiger charge is 2.45. The fourth-order valence-electron chi connectivity index (χ4n) is 6.37. The molecule has 0 radical (unpaired) electrons. The van der Waals surface area contributed by atoms with Crippen LogP contribution in [0.1, 0.15) is 18.3 Å². The molecule has 0 saturated carbocycles. The average Bonchev–Trinajstić information content (AvgIpc) is 3.84. The van der Waals surface area contributed by atoms with Crippen LogP contribution in [0.2, 0.25) is 10.0 Å². The molecule has 2 aliphatic heterocycles. The maximum atomic E-state index is 12.7. The minimum absolute atomic E-state index is 0.114. The van der Waals surface area contributed by atoms with Gasteiger partial charge in [0.15, 0.2) is 0 Å². The van der Waals surface area contributed by atoms with Crippen LogP contribution in [-0.2, 0) is 28.4 Å². The van der Waals surface area contributed by atoms with Crippen molar-refractivity contribution >= 4 is 34.6 Å². The van der Waals surface area contributed by atoms with Crippen molar-refractivity contribution < 1.29 is 14.2 Å². The van der Waals surface area contributed by atoms with E-state index in [1.807, 2.05) is 54.9 Å². The van der Waals surface area contributed by atoms with E-state index in [1.165, 1.54) is 4.68 Å². The van der Waals surface area contributed by atoms with E-state index in [4.69, 9.17) is 37.4 Å². The Morgan fingerprint density at radius 3 is 2.21 bits per heavy atom. The summed E-state index contributed by atoms with van der Waals surface area (Å²) in [6.07, 6.45) is 4.99. The number of aromatic nitrogens is 5. The van der Waals surface area contributed by atoms with Crippen LogP contribution in [0.4, 0.5) is 11.4 Å². The lowest BCUT2D eigenvalue weighted by molar-refractivity contribution is -0.189. The standard InChI is InChI=1S/C35H37Cl2N7O4/c1-3-43-34(45)44(25(2)39-43)29-7-5-27(6-8-29)41-16-18-42(19-17-41)28-9-11-30(12-10-28)46-21-31-22-47-35(48-31,23-40-15-14-38-24-40)32-13-4-26(36)20-33(32)37/h4-15,20,24,31H,3,16-19,21-23H2,1-2H3/t31-,35?/m1/s1. The maximum absolute atomic E-state index is 12.7. The van der Waals surface area contributed by atoms with Gasteiger partial charge in [0, 0.05) is 67.1 Å². The first kappa shape index (κ1) is 32.3. The molecular weight excluding hydrogens is 653 g/mol. The lowest BCUT2D eigenvalue weighted by Crippen LogP contribution is -2.46. The van der Waals surface area contributed by atoms with Crippen molar-refractivity contribution in [1.82, 2.24) is 23.9 Å². The number of halogens is 2. The monoisotopic (exact) mass is 689 g/mol. The van der Waals surface area contributed by atoms with Crippen molar-refractivity contribution in [2.45, 2.75) is 38.8 Å². The molecule has 4 heterocycles. The van der Waals surface area contributed by atoms with Crippen molar-refractivity contribution in [3.63, 3.8) is 0 Å². The van der Waals surface area contributed by atoms with E-state index < -0.39 is 5.79 Å². The highest BCUT2D eigenvalue weighted by Crippen LogP contribution is 2.40. The molecule has 0 amide bonds. The van der Waals surface area contributed by atoms with E-state index >= 15 is 0 Å². The lowest BCUT2D eigenvalue weighted by Gasteiger charge is -2.37. The van der Waals surface area contributed by atoms with Gasteiger partial charge < -0.3 is 28.6 Å². The van der Waals surface area contributed by atoms with Crippen LogP contribution in [0, 0.1) is 6.92 Å². The van der Waals surface area contributed by atoms with Crippen LogP contribution in [0.5, 0.6) is 5.75 Å². The predicted octanol–water partition coefficient (Wildman–Crippen LogP) is 5.54. The zero-order valence-electron chi connectivity index (χ0n) is 26.8. The molecule has 2 aromatic heterocycles. The molecule has 13 heteroatoms. The van der Waals surface area contributed by atoms with Gasteiger partial charge in [0.05, 0.1) is 30.2 Å². The number of rotatable bonds is 10. The van der Waals surface area contributed by atoms with E-state index in [-0.39, 0.29) is 11.8 Å². The summed E-state index contributed by atoms with van der Waals surface area (Å²) < 4.78 is 24.0. The van der Waals surface area contributed by atoms with E-state index in [1.54, 1.807) is 29.2 Å². The number of imidazole rings is 1. The average molecular weight is 691 g/mol. The first-order valence-electron chi connectivity index (χ1n) is 16.0. The van der Waals surface area contributed by atoms with Crippen molar-refractivity contribution in [3.05, 3.63) is 117 Å². The Kier molecular flexibility index (Phi) is 9.19. The Morgan fingerprint density at radius 1 is 0.938 bits per heavy atom. The topological polar surface area (TPSA) is 91.8 Å². The Bertz CT molecular complexity index is 1900. The summed E-state index contributed by atoms with van der Waals surface area (Å²) in [6.45, 7) is 8.93. The Morgan fingerprint density at radius 2 is 1.60 bits per heavy atom. The maximum Gasteiger partial charge on any atom is 0.350 e. The summed E-state index contributed by atoms with van der Waals surface area (Å²) in [6, 6.07) is 21.6. The van der Waals surface area contributed by atoms with Crippen LogP contribution in [0.15, 0.2) is 90.2 Å². The van der Waals surface area contributed by atoms with Crippen molar-refractivity contribution in [1.29, 1.82) is 0 Å². The minimum atomic E-state index is -1.10. The molecule has 250 valence electrons. The van der Waals surface area contributed by atoms with Gasteiger partial charge in [-0.2, -0.15) is 5.10 Å². The summed E-state index contributed by atoms with van der Waals surface area (Å²) in [5, 5.41) is 5.36. The first-order valence-corrected chi connectivity index (χ1v) is 16.8. The first-order chi connectivity index (χ1) is 23.3. The van der Waals surface area contributed by atoms with Gasteiger partial charge in [-0.3, -0.25) is 0 Å². The summed E-state index contributed by atoms with van der Waals surface area (Å²) in [5.41, 5.74) is 3.71. The van der Waals surface area contributed by atoms with Crippen LogP contribution in [-0.4, -0.2) is 69.4 Å². The highest BCUT2D eigenvalue weighted by atomic mass is 35.5. The number of nitrogens with zero attached hydrogens (tertiary/aromatic N) is 7. The molecule has 5 aromatic rings. The second-order valence-corrected chi connectivity index (χ2v) is 12.8. The lowest BCUT2D eigenvalue weighted by atomic mass is 10.1. The number of aryl methyl sites for hydroxylation is 2. The fraction of sp³-hybridized carbons (Fsp3) is 0.343. The third-order valence-corrected chi connectivity index (χ3v) is 9.39. The zero-order chi connectivity index (χ0) is 33.3.